The summed E-state index contributed by atoms with van der Waals surface area (Å²) in [5.74, 6) is -1.23. The third-order valence-corrected chi connectivity index (χ3v) is 4.83. The maximum Gasteiger partial charge on any atom is 0.343 e. The second kappa shape index (κ2) is 6.91. The number of hydrogen-bond donors (Lipinski definition) is 0. The van der Waals surface area contributed by atoms with Crippen LogP contribution in [0.15, 0.2) is 27.6 Å². The van der Waals surface area contributed by atoms with E-state index in [0.29, 0.717) is 5.33 Å². The fourth-order valence-electron chi connectivity index (χ4n) is 2.16. The molecule has 0 saturated carbocycles. The summed E-state index contributed by atoms with van der Waals surface area (Å²) in [6, 6.07) is 2.81. The van der Waals surface area contributed by atoms with Crippen LogP contribution in [0.25, 0.3) is 10.9 Å². The van der Waals surface area contributed by atoms with Gasteiger partial charge in [-0.1, -0.05) is 15.9 Å². The molecule has 4 nitrogen and oxygen atoms in total. The molecular formula is C15H14Br2FNO3. The Morgan fingerprint density at radius 3 is 2.73 bits per heavy atom. The highest BCUT2D eigenvalue weighted by molar-refractivity contribution is 9.10. The molecule has 1 heterocycles. The average Bonchev–Trinajstić information content (AvgIpc) is 2.50. The largest absolute Gasteiger partial charge is 0.462 e. The van der Waals surface area contributed by atoms with Crippen LogP contribution in [-0.2, 0) is 4.74 Å². The summed E-state index contributed by atoms with van der Waals surface area (Å²) in [5, 5.41) is 0.693. The van der Waals surface area contributed by atoms with Crippen LogP contribution in [0.4, 0.5) is 4.39 Å². The number of carbonyl (C=O) groups excluding carboxylic acids is 1. The standard InChI is InChI=1S/C15H14Br2FNO3/c1-3-22-15(21)10-7-19(8(2)6-16)13-9(14(10)20)4-5-11(17)12(13)18/h4-5,7-8H,3,6H2,1-2H3/t8-/m0/s1. The number of fused-ring (bicyclic) bond motifs is 1. The van der Waals surface area contributed by atoms with Gasteiger partial charge in [0, 0.05) is 23.0 Å². The summed E-state index contributed by atoms with van der Waals surface area (Å²) < 4.78 is 21.2. The van der Waals surface area contributed by atoms with E-state index in [9.17, 15) is 14.0 Å². The van der Waals surface area contributed by atoms with Crippen LogP contribution < -0.4 is 5.43 Å². The Bertz CT molecular complexity index is 788. The van der Waals surface area contributed by atoms with Gasteiger partial charge in [0.25, 0.3) is 0 Å². The Morgan fingerprint density at radius 1 is 1.45 bits per heavy atom. The number of hydrogen-bond acceptors (Lipinski definition) is 3. The van der Waals surface area contributed by atoms with Crippen molar-refractivity contribution in [2.45, 2.75) is 19.9 Å². The maximum atomic E-state index is 14.5. The molecule has 0 fully saturated rings. The quantitative estimate of drug-likeness (QED) is 0.539. The minimum Gasteiger partial charge on any atom is -0.462 e. The lowest BCUT2D eigenvalue weighted by Crippen LogP contribution is -2.23. The van der Waals surface area contributed by atoms with Gasteiger partial charge in [0.05, 0.1) is 16.6 Å². The summed E-state index contributed by atoms with van der Waals surface area (Å²) in [6.45, 7) is 3.68. The molecule has 22 heavy (non-hydrogen) atoms. The van der Waals surface area contributed by atoms with E-state index >= 15 is 0 Å². The molecule has 1 atom stereocenters. The highest BCUT2D eigenvalue weighted by Crippen LogP contribution is 2.26. The number of rotatable bonds is 4. The van der Waals surface area contributed by atoms with Crippen LogP contribution in [0.3, 0.4) is 0 Å². The topological polar surface area (TPSA) is 48.3 Å². The van der Waals surface area contributed by atoms with Gasteiger partial charge in [0.2, 0.25) is 5.43 Å². The van der Waals surface area contributed by atoms with Crippen LogP contribution >= 0.6 is 31.9 Å². The predicted octanol–water partition coefficient (Wildman–Crippen LogP) is 4.04. The molecule has 0 radical (unpaired) electrons. The second-order valence-electron chi connectivity index (χ2n) is 4.76. The van der Waals surface area contributed by atoms with Crippen LogP contribution in [-0.4, -0.2) is 22.5 Å². The molecule has 2 rings (SSSR count). The number of alkyl halides is 1. The molecule has 118 valence electrons. The van der Waals surface area contributed by atoms with Crippen molar-refractivity contribution in [3.63, 3.8) is 0 Å². The highest BCUT2D eigenvalue weighted by atomic mass is 79.9. The van der Waals surface area contributed by atoms with Gasteiger partial charge in [-0.2, -0.15) is 0 Å². The third-order valence-electron chi connectivity index (χ3n) is 3.28. The van der Waals surface area contributed by atoms with Crippen molar-refractivity contribution >= 4 is 48.7 Å². The molecule has 0 N–H and O–H groups in total. The molecule has 0 aliphatic rings. The van der Waals surface area contributed by atoms with E-state index in [2.05, 4.69) is 31.9 Å². The Morgan fingerprint density at radius 2 is 2.14 bits per heavy atom. The zero-order chi connectivity index (χ0) is 16.4. The van der Waals surface area contributed by atoms with Crippen molar-refractivity contribution in [1.29, 1.82) is 0 Å². The second-order valence-corrected chi connectivity index (χ2v) is 6.26. The van der Waals surface area contributed by atoms with Crippen molar-refractivity contribution in [3.05, 3.63) is 44.4 Å². The van der Waals surface area contributed by atoms with Gasteiger partial charge in [0.15, 0.2) is 5.82 Å². The van der Waals surface area contributed by atoms with Gasteiger partial charge in [0.1, 0.15) is 5.56 Å². The van der Waals surface area contributed by atoms with Crippen molar-refractivity contribution in [3.8, 4) is 0 Å². The molecule has 0 saturated heterocycles. The minimum atomic E-state index is -0.701. The molecule has 0 amide bonds. The molecule has 0 spiro atoms. The lowest BCUT2D eigenvalue weighted by molar-refractivity contribution is 0.0524. The first-order valence-corrected chi connectivity index (χ1v) is 8.59. The Hall–Kier alpha value is -1.21. The molecule has 0 aliphatic carbocycles. The first kappa shape index (κ1) is 17.1. The van der Waals surface area contributed by atoms with Gasteiger partial charge >= 0.3 is 5.97 Å². The number of halogens is 3. The minimum absolute atomic E-state index is 0.0936. The number of aromatic nitrogens is 1. The Balaban J connectivity index is 2.88. The fraction of sp³-hybridized carbons (Fsp3) is 0.333. The lowest BCUT2D eigenvalue weighted by Gasteiger charge is -2.18. The van der Waals surface area contributed by atoms with Crippen LogP contribution in [0.1, 0.15) is 30.2 Å². The normalized spacial score (nSPS) is 12.4. The Labute approximate surface area is 143 Å². The molecular weight excluding hydrogens is 421 g/mol. The smallest absolute Gasteiger partial charge is 0.343 e. The number of nitrogens with zero attached hydrogens (tertiary/aromatic N) is 1. The first-order chi connectivity index (χ1) is 10.4. The van der Waals surface area contributed by atoms with Gasteiger partial charge in [-0.3, -0.25) is 4.79 Å². The van der Waals surface area contributed by atoms with E-state index in [0.717, 1.165) is 0 Å². The van der Waals surface area contributed by atoms with Crippen LogP contribution in [0.2, 0.25) is 0 Å². The van der Waals surface area contributed by atoms with E-state index < -0.39 is 17.2 Å². The summed E-state index contributed by atoms with van der Waals surface area (Å²) >= 11 is 6.47. The molecule has 7 heteroatoms. The maximum absolute atomic E-state index is 14.5. The van der Waals surface area contributed by atoms with E-state index in [1.165, 1.54) is 18.3 Å². The molecule has 0 aliphatic heterocycles. The lowest BCUT2D eigenvalue weighted by atomic mass is 10.1. The van der Waals surface area contributed by atoms with E-state index in [1.807, 2.05) is 6.92 Å². The number of pyridine rings is 1. The van der Waals surface area contributed by atoms with E-state index in [1.54, 1.807) is 11.5 Å². The summed E-state index contributed by atoms with van der Waals surface area (Å²) in [5.41, 5.74) is -0.457. The van der Waals surface area contributed by atoms with Gasteiger partial charge in [-0.15, -0.1) is 0 Å². The van der Waals surface area contributed by atoms with Crippen LogP contribution in [0.5, 0.6) is 0 Å². The average molecular weight is 435 g/mol. The summed E-state index contributed by atoms with van der Waals surface area (Å²) in [7, 11) is 0. The van der Waals surface area contributed by atoms with Gasteiger partial charge in [-0.05, 0) is 41.9 Å². The monoisotopic (exact) mass is 433 g/mol. The van der Waals surface area contributed by atoms with E-state index in [4.69, 9.17) is 4.74 Å². The number of esters is 1. The zero-order valence-corrected chi connectivity index (χ0v) is 15.2. The molecule has 0 bridgehead atoms. The Kier molecular flexibility index (Phi) is 5.39. The zero-order valence-electron chi connectivity index (χ0n) is 12.0. The number of carbonyl (C=O) groups is 1. The van der Waals surface area contributed by atoms with Crippen molar-refractivity contribution in [1.82, 2.24) is 4.57 Å². The number of ether oxygens (including phenoxy) is 1. The first-order valence-electron chi connectivity index (χ1n) is 6.68. The number of benzene rings is 1. The van der Waals surface area contributed by atoms with Crippen molar-refractivity contribution < 1.29 is 13.9 Å². The van der Waals surface area contributed by atoms with Gasteiger partial charge < -0.3 is 9.30 Å². The summed E-state index contributed by atoms with van der Waals surface area (Å²) in [4.78, 5) is 24.4. The molecule has 0 unspecified atom stereocenters. The van der Waals surface area contributed by atoms with E-state index in [-0.39, 0.29) is 33.6 Å². The van der Waals surface area contributed by atoms with Gasteiger partial charge in [-0.25, -0.2) is 9.18 Å². The predicted molar refractivity (Wildman–Crippen MR) is 90.3 cm³/mol. The molecule has 1 aromatic heterocycles. The fourth-order valence-corrected chi connectivity index (χ4v) is 2.79. The van der Waals surface area contributed by atoms with Crippen LogP contribution in [0, 0.1) is 5.82 Å². The third kappa shape index (κ3) is 2.96. The SMILES string of the molecule is CCOC(=O)c1cn([C@@H](C)CBr)c2c(F)c(Br)ccc2c1=O. The van der Waals surface area contributed by atoms with Crippen molar-refractivity contribution in [2.24, 2.45) is 0 Å². The molecule has 1 aromatic carbocycles. The summed E-state index contributed by atoms with van der Waals surface area (Å²) in [6.07, 6.45) is 1.37. The molecule has 2 aromatic rings. The van der Waals surface area contributed by atoms with Crippen molar-refractivity contribution in [2.75, 3.05) is 11.9 Å². The highest BCUT2D eigenvalue weighted by Gasteiger charge is 2.21.